The molecule has 1 aliphatic heterocycles. The van der Waals surface area contributed by atoms with Crippen LogP contribution in [0.1, 0.15) is 58.2 Å². The first kappa shape index (κ1) is 59.6. The van der Waals surface area contributed by atoms with E-state index >= 15 is 0 Å². The molecule has 6 nitrogen and oxygen atoms in total. The van der Waals surface area contributed by atoms with Crippen molar-refractivity contribution in [2.24, 2.45) is 0 Å². The number of nitrogens with zero attached hydrogens (tertiary/aromatic N) is 5. The predicted octanol–water partition coefficient (Wildman–Crippen LogP) is 23.4. The summed E-state index contributed by atoms with van der Waals surface area (Å²) in [4.78, 5) is 10.3. The second kappa shape index (κ2) is 24.4. The molecule has 0 amide bonds. The first-order valence-corrected chi connectivity index (χ1v) is 33.2. The van der Waals surface area contributed by atoms with Gasteiger partial charge in [-0.25, -0.2) is 0 Å². The molecular weight excluding hydrogens is 1330 g/mol. The van der Waals surface area contributed by atoms with Gasteiger partial charge in [0.05, 0.1) is 5.69 Å². The number of anilines is 6. The summed E-state index contributed by atoms with van der Waals surface area (Å²) >= 11 is 2.50. The quantitative estimate of drug-likeness (QED) is 0.128. The SMILES string of the molecule is Cc1cc(N2c3[c-]c(Oc4[c-]c(-n5[c](=[Pt])n(-c6c(-c7ccccc7)cccc6-c6ccccc6)c6ccccc65)ccc4)ccc3-c3ccc(C(C)(C)C)cc3N(c3ccccc3)c3cc(C(C)(C)C)ccc3-c3ccccc32)ncc1-c1ccc(-c2ccccc2)cc1. The molecular formula is C87H69N5OPt-2. The zero-order valence-corrected chi connectivity index (χ0v) is 55.9. The van der Waals surface area contributed by atoms with Crippen molar-refractivity contribution in [3.63, 3.8) is 0 Å². The third kappa shape index (κ3) is 11.1. The number of imidazole rings is 1. The van der Waals surface area contributed by atoms with Gasteiger partial charge in [0.25, 0.3) is 0 Å². The van der Waals surface area contributed by atoms with Gasteiger partial charge in [-0.15, -0.1) is 0 Å². The molecule has 0 fully saturated rings. The molecule has 0 aliphatic carbocycles. The van der Waals surface area contributed by atoms with Crippen LogP contribution in [0.2, 0.25) is 0 Å². The molecule has 0 saturated carbocycles. The van der Waals surface area contributed by atoms with Crippen molar-refractivity contribution >= 4 is 45.3 Å². The Hall–Kier alpha value is -10.7. The van der Waals surface area contributed by atoms with Gasteiger partial charge in [-0.05, 0) is 75.4 Å². The van der Waals surface area contributed by atoms with Gasteiger partial charge in [-0.3, -0.25) is 0 Å². The Balaban J connectivity index is 0.934. The molecule has 0 N–H and O–H groups in total. The average Bonchev–Trinajstić information content (AvgIpc) is 1.06. The van der Waals surface area contributed by atoms with E-state index in [2.05, 4.69) is 378 Å². The summed E-state index contributed by atoms with van der Waals surface area (Å²) in [6.07, 6.45) is 2.03. The van der Waals surface area contributed by atoms with Crippen molar-refractivity contribution in [2.45, 2.75) is 59.3 Å². The number of benzene rings is 12. The maximum absolute atomic E-state index is 7.20. The molecule has 3 heterocycles. The molecule has 7 heteroatoms. The fraction of sp³-hybridized carbons (Fsp3) is 0.103. The number of fused-ring (bicyclic) bond motifs is 7. The van der Waals surface area contributed by atoms with Crippen molar-refractivity contribution in [2.75, 3.05) is 9.80 Å². The van der Waals surface area contributed by atoms with Crippen LogP contribution in [0.4, 0.5) is 34.3 Å². The first-order chi connectivity index (χ1) is 45.7. The molecule has 94 heavy (non-hydrogen) atoms. The minimum Gasteiger partial charge on any atom is -0.0622 e. The Morgan fingerprint density at radius 2 is 0.840 bits per heavy atom. The van der Waals surface area contributed by atoms with Crippen LogP contribution in [0.15, 0.2) is 291 Å². The predicted molar refractivity (Wildman–Crippen MR) is 386 cm³/mol. The minimum atomic E-state index is -0.173. The summed E-state index contributed by atoms with van der Waals surface area (Å²) in [5.41, 5.74) is 25.2. The Morgan fingerprint density at radius 1 is 0.372 bits per heavy atom. The zero-order valence-electron chi connectivity index (χ0n) is 53.7. The molecule has 0 unspecified atom stereocenters. The summed E-state index contributed by atoms with van der Waals surface area (Å²) in [5.74, 6) is 1.81. The Bertz CT molecular complexity index is 5160. The van der Waals surface area contributed by atoms with Crippen LogP contribution in [-0.4, -0.2) is 14.1 Å². The van der Waals surface area contributed by atoms with E-state index in [1.807, 2.05) is 12.3 Å². The van der Waals surface area contributed by atoms with E-state index in [1.165, 1.54) is 22.3 Å². The van der Waals surface area contributed by atoms with Crippen LogP contribution < -0.4 is 14.5 Å². The van der Waals surface area contributed by atoms with Crippen molar-refractivity contribution in [3.8, 4) is 89.6 Å². The number of hydrogen-bond acceptors (Lipinski definition) is 4. The fourth-order valence-electron chi connectivity index (χ4n) is 13.2. The van der Waals surface area contributed by atoms with E-state index in [4.69, 9.17) is 9.72 Å². The standard InChI is InChI=1S/C87H69N5O.Pt/c1-59-52-84(88-57-77(59)64-44-42-61(43-45-64)60-26-12-8-13-27-60)92-78-39-21-20-36-73(78)74-49-46-65(86(2,3)4)53-81(74)91(67-32-18-11-19-33-67)82-54-66(87(5,6)7)47-50-75(82)76-51-48-70(56-83(76)92)93-69-35-24-34-68(55-69)89-58-90(80-41-23-22-40-79(80)89)85-71(62-28-14-9-15-29-62)37-25-38-72(85)63-30-16-10-17-31-63;/h8-54,57H,1-7H3;/q-2;. The smallest absolute Gasteiger partial charge is 0.0622 e. The van der Waals surface area contributed by atoms with Gasteiger partial charge in [0.15, 0.2) is 0 Å². The first-order valence-electron chi connectivity index (χ1n) is 32.1. The molecule has 0 bridgehead atoms. The van der Waals surface area contributed by atoms with E-state index in [9.17, 15) is 0 Å². The number of ether oxygens (including phenoxy) is 1. The number of aryl methyl sites for hydroxylation is 1. The Labute approximate surface area is 562 Å². The summed E-state index contributed by atoms with van der Waals surface area (Å²) in [7, 11) is 0. The summed E-state index contributed by atoms with van der Waals surface area (Å²) in [6.45, 7) is 16.0. The van der Waals surface area contributed by atoms with E-state index in [0.29, 0.717) is 11.5 Å². The van der Waals surface area contributed by atoms with Gasteiger partial charge in [0.1, 0.15) is 0 Å². The van der Waals surface area contributed by atoms with Gasteiger partial charge in [-0.2, -0.15) is 0 Å². The van der Waals surface area contributed by atoms with Crippen molar-refractivity contribution in [3.05, 3.63) is 324 Å². The summed E-state index contributed by atoms with van der Waals surface area (Å²) < 4.78 is 12.9. The van der Waals surface area contributed by atoms with Gasteiger partial charge < -0.3 is 4.90 Å². The van der Waals surface area contributed by atoms with Crippen LogP contribution in [0, 0.1) is 22.9 Å². The van der Waals surface area contributed by atoms with Crippen molar-refractivity contribution in [1.29, 1.82) is 0 Å². The number of rotatable bonds is 10. The third-order valence-electron chi connectivity index (χ3n) is 18.0. The van der Waals surface area contributed by atoms with Gasteiger partial charge in [0, 0.05) is 23.0 Å². The molecule has 12 aromatic carbocycles. The van der Waals surface area contributed by atoms with Gasteiger partial charge in [-0.1, -0.05) is 151 Å². The molecule has 14 aromatic rings. The normalized spacial score (nSPS) is 12.2. The second-order valence-electron chi connectivity index (χ2n) is 26.2. The molecule has 460 valence electrons. The molecule has 2 aromatic heterocycles. The van der Waals surface area contributed by atoms with Crippen LogP contribution >= 0.6 is 0 Å². The number of pyridine rings is 1. The van der Waals surface area contributed by atoms with Crippen LogP contribution in [0.5, 0.6) is 11.5 Å². The monoisotopic (exact) mass is 1390 g/mol. The van der Waals surface area contributed by atoms with Crippen LogP contribution in [-0.2, 0) is 30.2 Å². The van der Waals surface area contributed by atoms with E-state index in [-0.39, 0.29) is 10.8 Å². The van der Waals surface area contributed by atoms with Crippen LogP contribution in [0.3, 0.4) is 0 Å². The summed E-state index contributed by atoms with van der Waals surface area (Å²) in [6, 6.07) is 110. The molecule has 1 aliphatic rings. The van der Waals surface area contributed by atoms with Crippen LogP contribution in [0.25, 0.3) is 89.2 Å². The van der Waals surface area contributed by atoms with E-state index in [0.717, 1.165) is 122 Å². The molecule has 0 atom stereocenters. The molecule has 0 spiro atoms. The van der Waals surface area contributed by atoms with E-state index in [1.54, 1.807) is 0 Å². The Kier molecular flexibility index (Phi) is 15.5. The maximum atomic E-state index is 7.20. The number of aromatic nitrogens is 3. The number of para-hydroxylation sites is 5. The van der Waals surface area contributed by atoms with Crippen molar-refractivity contribution in [1.82, 2.24) is 14.1 Å². The summed E-state index contributed by atoms with van der Waals surface area (Å²) in [5, 5.41) is 0. The molecule has 0 radical (unpaired) electrons. The second-order valence-corrected chi connectivity index (χ2v) is 27.2. The van der Waals surface area contributed by atoms with Gasteiger partial charge >= 0.3 is 306 Å². The number of hydrogen-bond donors (Lipinski definition) is 0. The third-order valence-corrected chi connectivity index (χ3v) is 19.1. The molecule has 15 rings (SSSR count). The van der Waals surface area contributed by atoms with Gasteiger partial charge in [0.2, 0.25) is 0 Å². The zero-order chi connectivity index (χ0) is 64.2. The molecule has 0 saturated heterocycles. The Morgan fingerprint density at radius 3 is 1.45 bits per heavy atom. The average molecular weight is 1400 g/mol. The van der Waals surface area contributed by atoms with Crippen molar-refractivity contribution < 1.29 is 24.1 Å². The van der Waals surface area contributed by atoms with E-state index < -0.39 is 0 Å². The topological polar surface area (TPSA) is 38.5 Å². The minimum absolute atomic E-state index is 0.147. The fourth-order valence-corrected chi connectivity index (χ4v) is 14.3.